The lowest BCUT2D eigenvalue weighted by Gasteiger charge is -2.13. The Morgan fingerprint density at radius 3 is 1.81 bits per heavy atom. The van der Waals surface area contributed by atoms with Crippen LogP contribution in [0.15, 0.2) is 147 Å². The molecule has 1 aromatic heterocycles. The largest absolute Gasteiger partial charge is 0.256 e. The van der Waals surface area contributed by atoms with E-state index in [9.17, 15) is 0 Å². The molecule has 0 aliphatic heterocycles. The van der Waals surface area contributed by atoms with Gasteiger partial charge in [-0.1, -0.05) is 98.1 Å². The summed E-state index contributed by atoms with van der Waals surface area (Å²) in [5.74, 6) is 0. The average molecular weight is 476 g/mol. The summed E-state index contributed by atoms with van der Waals surface area (Å²) in [7, 11) is 0. The molecule has 0 aliphatic rings. The molecule has 178 valence electrons. The number of allylic oxidation sites excluding steroid dienone is 4. The lowest BCUT2D eigenvalue weighted by atomic mass is 9.91. The van der Waals surface area contributed by atoms with Crippen LogP contribution in [-0.4, -0.2) is 4.98 Å². The third-order valence-electron chi connectivity index (χ3n) is 6.49. The molecule has 0 aliphatic carbocycles. The SMILES string of the molecule is C=C/C=C(\C=C)c1cc(-c2ccccc2)cc(-c2cccc(-c3cccc(-c4cc(C)ccn4)c3)c2)c1. The van der Waals surface area contributed by atoms with E-state index in [0.717, 1.165) is 33.5 Å². The van der Waals surface area contributed by atoms with Gasteiger partial charge in [0.05, 0.1) is 5.69 Å². The monoisotopic (exact) mass is 475 g/mol. The molecule has 0 saturated carbocycles. The fourth-order valence-corrected chi connectivity index (χ4v) is 4.60. The number of hydrogen-bond donors (Lipinski definition) is 0. The van der Waals surface area contributed by atoms with Gasteiger partial charge in [-0.25, -0.2) is 0 Å². The van der Waals surface area contributed by atoms with E-state index < -0.39 is 0 Å². The quantitative estimate of drug-likeness (QED) is 0.213. The molecule has 0 fully saturated rings. The summed E-state index contributed by atoms with van der Waals surface area (Å²) < 4.78 is 0. The second-order valence-corrected chi connectivity index (χ2v) is 9.11. The van der Waals surface area contributed by atoms with Crippen LogP contribution in [0.1, 0.15) is 11.1 Å². The van der Waals surface area contributed by atoms with E-state index in [1.165, 1.54) is 27.8 Å². The van der Waals surface area contributed by atoms with Gasteiger partial charge in [-0.3, -0.25) is 4.98 Å². The normalized spacial score (nSPS) is 11.2. The Hall–Kier alpha value is -4.75. The molecule has 0 bridgehead atoms. The maximum absolute atomic E-state index is 4.58. The Morgan fingerprint density at radius 1 is 0.595 bits per heavy atom. The van der Waals surface area contributed by atoms with Crippen molar-refractivity contribution < 1.29 is 0 Å². The van der Waals surface area contributed by atoms with Gasteiger partial charge >= 0.3 is 0 Å². The molecule has 37 heavy (non-hydrogen) atoms. The first-order valence-corrected chi connectivity index (χ1v) is 12.4. The predicted octanol–water partition coefficient (Wildman–Crippen LogP) is 9.81. The van der Waals surface area contributed by atoms with Gasteiger partial charge in [0.25, 0.3) is 0 Å². The second-order valence-electron chi connectivity index (χ2n) is 9.11. The minimum atomic E-state index is 0.990. The van der Waals surface area contributed by atoms with Crippen LogP contribution in [0.4, 0.5) is 0 Å². The maximum Gasteiger partial charge on any atom is 0.0704 e. The van der Waals surface area contributed by atoms with Crippen molar-refractivity contribution in [1.82, 2.24) is 4.98 Å². The number of pyridine rings is 1. The van der Waals surface area contributed by atoms with E-state index in [2.05, 4.69) is 122 Å². The smallest absolute Gasteiger partial charge is 0.0704 e. The minimum Gasteiger partial charge on any atom is -0.256 e. The number of aromatic nitrogens is 1. The second kappa shape index (κ2) is 10.9. The van der Waals surface area contributed by atoms with Gasteiger partial charge in [0, 0.05) is 11.8 Å². The molecule has 0 saturated heterocycles. The van der Waals surface area contributed by atoms with Crippen molar-refractivity contribution in [3.05, 3.63) is 158 Å². The number of rotatable bonds is 7. The van der Waals surface area contributed by atoms with Gasteiger partial charge in [0.2, 0.25) is 0 Å². The molecule has 0 amide bonds. The Balaban J connectivity index is 1.60. The van der Waals surface area contributed by atoms with Gasteiger partial charge in [0.15, 0.2) is 0 Å². The summed E-state index contributed by atoms with van der Waals surface area (Å²) in [5, 5.41) is 0. The zero-order valence-corrected chi connectivity index (χ0v) is 21.1. The fourth-order valence-electron chi connectivity index (χ4n) is 4.60. The van der Waals surface area contributed by atoms with E-state index in [0.29, 0.717) is 0 Å². The Kier molecular flexibility index (Phi) is 7.05. The summed E-state index contributed by atoms with van der Waals surface area (Å²) in [6.07, 6.45) is 7.56. The molecule has 5 rings (SSSR count). The molecule has 0 radical (unpaired) electrons. The van der Waals surface area contributed by atoms with Crippen LogP contribution < -0.4 is 0 Å². The van der Waals surface area contributed by atoms with Gasteiger partial charge < -0.3 is 0 Å². The Morgan fingerprint density at radius 2 is 1.16 bits per heavy atom. The highest BCUT2D eigenvalue weighted by atomic mass is 14.7. The van der Waals surface area contributed by atoms with E-state index >= 15 is 0 Å². The molecular weight excluding hydrogens is 446 g/mol. The zero-order chi connectivity index (χ0) is 25.6. The van der Waals surface area contributed by atoms with Crippen LogP contribution in [0.2, 0.25) is 0 Å². The first kappa shape index (κ1) is 24.0. The van der Waals surface area contributed by atoms with E-state index in [1.54, 1.807) is 0 Å². The van der Waals surface area contributed by atoms with Gasteiger partial charge in [-0.15, -0.1) is 0 Å². The third kappa shape index (κ3) is 5.42. The molecule has 4 aromatic carbocycles. The highest BCUT2D eigenvalue weighted by Crippen LogP contribution is 2.34. The highest BCUT2D eigenvalue weighted by molar-refractivity contribution is 5.84. The van der Waals surface area contributed by atoms with Crippen molar-refractivity contribution in [2.75, 3.05) is 0 Å². The van der Waals surface area contributed by atoms with Crippen LogP contribution in [0.5, 0.6) is 0 Å². The molecule has 1 nitrogen and oxygen atoms in total. The van der Waals surface area contributed by atoms with Crippen molar-refractivity contribution in [2.45, 2.75) is 6.92 Å². The molecule has 0 unspecified atom stereocenters. The first-order chi connectivity index (χ1) is 18.1. The molecule has 0 N–H and O–H groups in total. The van der Waals surface area contributed by atoms with Gasteiger partial charge in [-0.2, -0.15) is 0 Å². The number of aryl methyl sites for hydroxylation is 1. The molecule has 0 spiro atoms. The van der Waals surface area contributed by atoms with E-state index in [-0.39, 0.29) is 0 Å². The first-order valence-electron chi connectivity index (χ1n) is 12.4. The summed E-state index contributed by atoms with van der Waals surface area (Å²) >= 11 is 0. The van der Waals surface area contributed by atoms with Crippen molar-refractivity contribution in [3.63, 3.8) is 0 Å². The number of hydrogen-bond acceptors (Lipinski definition) is 1. The Bertz CT molecular complexity index is 1610. The van der Waals surface area contributed by atoms with Crippen molar-refractivity contribution >= 4 is 5.57 Å². The summed E-state index contributed by atoms with van der Waals surface area (Å²) in [4.78, 5) is 4.58. The minimum absolute atomic E-state index is 0.990. The van der Waals surface area contributed by atoms with Crippen LogP contribution in [0.3, 0.4) is 0 Å². The number of benzene rings is 4. The van der Waals surface area contributed by atoms with E-state index in [4.69, 9.17) is 0 Å². The van der Waals surface area contributed by atoms with Crippen molar-refractivity contribution in [1.29, 1.82) is 0 Å². The molecule has 1 heterocycles. The average Bonchev–Trinajstić information content (AvgIpc) is 2.96. The van der Waals surface area contributed by atoms with Gasteiger partial charge in [0.1, 0.15) is 0 Å². The van der Waals surface area contributed by atoms with Crippen LogP contribution in [0.25, 0.3) is 50.2 Å². The van der Waals surface area contributed by atoms with Gasteiger partial charge in [-0.05, 0) is 99.5 Å². The predicted molar refractivity (Wildman–Crippen MR) is 159 cm³/mol. The topological polar surface area (TPSA) is 12.9 Å². The Labute approximate surface area is 219 Å². The lowest BCUT2D eigenvalue weighted by molar-refractivity contribution is 1.29. The van der Waals surface area contributed by atoms with Crippen LogP contribution in [0, 0.1) is 6.92 Å². The molecule has 5 aromatic rings. The maximum atomic E-state index is 4.58. The zero-order valence-electron chi connectivity index (χ0n) is 21.1. The molecule has 1 heteroatoms. The summed E-state index contributed by atoms with van der Waals surface area (Å²) in [5.41, 5.74) is 12.5. The lowest BCUT2D eigenvalue weighted by Crippen LogP contribution is -1.89. The summed E-state index contributed by atoms with van der Waals surface area (Å²) in [6, 6.07) is 38.7. The fraction of sp³-hybridized carbons (Fsp3) is 0.0278. The van der Waals surface area contributed by atoms with Crippen LogP contribution in [-0.2, 0) is 0 Å². The van der Waals surface area contributed by atoms with Crippen molar-refractivity contribution in [2.24, 2.45) is 0 Å². The third-order valence-corrected chi connectivity index (χ3v) is 6.49. The van der Waals surface area contributed by atoms with Crippen molar-refractivity contribution in [3.8, 4) is 44.6 Å². The standard InChI is InChI=1S/C36H29N/c1-4-11-27(5-2)33-23-34(28-12-7-6-8-13-28)25-35(24-33)31-16-9-14-29(21-31)30-15-10-17-32(22-30)36-20-26(3)18-19-37-36/h4-25H,1-2H2,3H3/b27-11+. The molecule has 0 atom stereocenters. The molecular formula is C36H29N. The number of nitrogens with zero attached hydrogens (tertiary/aromatic N) is 1. The van der Waals surface area contributed by atoms with Crippen LogP contribution >= 0.6 is 0 Å². The highest BCUT2D eigenvalue weighted by Gasteiger charge is 2.09. The summed E-state index contributed by atoms with van der Waals surface area (Å²) in [6.45, 7) is 10.0. The van der Waals surface area contributed by atoms with E-state index in [1.807, 2.05) is 36.6 Å².